The summed E-state index contributed by atoms with van der Waals surface area (Å²) in [5.41, 5.74) is 2.23. The molecular weight excluding hydrogens is 260 g/mol. The lowest BCUT2D eigenvalue weighted by molar-refractivity contribution is 0.378. The van der Waals surface area contributed by atoms with Crippen molar-refractivity contribution >= 4 is 17.0 Å². The largest absolute Gasteiger partial charge is 0.497 e. The summed E-state index contributed by atoms with van der Waals surface area (Å²) in [5.74, 6) is 1.70. The fourth-order valence-electron chi connectivity index (χ4n) is 2.92. The molecule has 0 bridgehead atoms. The molecule has 0 aliphatic carbocycles. The van der Waals surface area contributed by atoms with Crippen LogP contribution in [0.2, 0.25) is 0 Å². The average molecular weight is 282 g/mol. The van der Waals surface area contributed by atoms with Crippen LogP contribution in [-0.2, 0) is 0 Å². The van der Waals surface area contributed by atoms with Crippen LogP contribution in [0.15, 0.2) is 36.5 Å². The second-order valence-corrected chi connectivity index (χ2v) is 5.61. The number of piperidine rings is 1. The number of hydrogen-bond donors (Lipinski definition) is 1. The lowest BCUT2D eigenvalue weighted by Gasteiger charge is -2.20. The number of rotatable bonds is 4. The van der Waals surface area contributed by atoms with Crippen LogP contribution in [0.3, 0.4) is 0 Å². The average Bonchev–Trinajstić information content (AvgIpc) is 2.55. The normalized spacial score (nSPS) is 16.6. The molecule has 3 nitrogen and oxygen atoms in total. The molecule has 3 heteroatoms. The Morgan fingerprint density at radius 2 is 2.14 bits per heavy atom. The van der Waals surface area contributed by atoms with Crippen molar-refractivity contribution in [1.29, 1.82) is 0 Å². The number of ether oxygens (including phenoxy) is 1. The zero-order valence-corrected chi connectivity index (χ0v) is 12.5. The molecule has 2 aromatic rings. The van der Waals surface area contributed by atoms with E-state index in [1.54, 1.807) is 7.11 Å². The molecule has 3 rings (SSSR count). The monoisotopic (exact) mass is 282 g/mol. The molecule has 2 heterocycles. The fourth-order valence-corrected chi connectivity index (χ4v) is 2.92. The number of fused-ring (bicyclic) bond motifs is 1. The van der Waals surface area contributed by atoms with E-state index in [2.05, 4.69) is 34.6 Å². The van der Waals surface area contributed by atoms with Gasteiger partial charge in [-0.1, -0.05) is 12.2 Å². The first-order chi connectivity index (χ1) is 10.4. The Morgan fingerprint density at radius 1 is 1.29 bits per heavy atom. The van der Waals surface area contributed by atoms with E-state index in [1.807, 2.05) is 18.3 Å². The van der Waals surface area contributed by atoms with Crippen molar-refractivity contribution in [2.75, 3.05) is 20.2 Å². The van der Waals surface area contributed by atoms with Crippen molar-refractivity contribution in [2.24, 2.45) is 5.92 Å². The number of allylic oxidation sites excluding steroid dienone is 1. The number of benzene rings is 1. The third-order valence-corrected chi connectivity index (χ3v) is 4.21. The zero-order valence-electron chi connectivity index (χ0n) is 12.5. The van der Waals surface area contributed by atoms with Gasteiger partial charge in [-0.25, -0.2) is 0 Å². The molecule has 21 heavy (non-hydrogen) atoms. The van der Waals surface area contributed by atoms with Gasteiger partial charge in [-0.15, -0.1) is 0 Å². The SMILES string of the molecule is COc1ccc2nccc(C=CCC3CCNCC3)c2c1. The van der Waals surface area contributed by atoms with Gasteiger partial charge in [0.05, 0.1) is 12.6 Å². The van der Waals surface area contributed by atoms with Gasteiger partial charge in [-0.3, -0.25) is 4.98 Å². The van der Waals surface area contributed by atoms with E-state index < -0.39 is 0 Å². The van der Waals surface area contributed by atoms with Crippen LogP contribution < -0.4 is 10.1 Å². The lowest BCUT2D eigenvalue weighted by Crippen LogP contribution is -2.27. The summed E-state index contributed by atoms with van der Waals surface area (Å²) in [6.45, 7) is 2.32. The van der Waals surface area contributed by atoms with E-state index in [0.717, 1.165) is 42.1 Å². The van der Waals surface area contributed by atoms with Crippen LogP contribution in [0, 0.1) is 5.92 Å². The van der Waals surface area contributed by atoms with Crippen molar-refractivity contribution in [3.05, 3.63) is 42.1 Å². The minimum Gasteiger partial charge on any atom is -0.497 e. The van der Waals surface area contributed by atoms with Gasteiger partial charge in [0, 0.05) is 11.6 Å². The van der Waals surface area contributed by atoms with Crippen molar-refractivity contribution in [3.8, 4) is 5.75 Å². The predicted octanol–water partition coefficient (Wildman–Crippen LogP) is 3.65. The Bertz CT molecular complexity index is 630. The Balaban J connectivity index is 1.79. The highest BCUT2D eigenvalue weighted by atomic mass is 16.5. The molecule has 110 valence electrons. The van der Waals surface area contributed by atoms with Crippen LogP contribution in [0.4, 0.5) is 0 Å². The summed E-state index contributed by atoms with van der Waals surface area (Å²) in [7, 11) is 1.70. The first-order valence-corrected chi connectivity index (χ1v) is 7.67. The molecule has 0 saturated carbocycles. The molecule has 1 aromatic heterocycles. The summed E-state index contributed by atoms with van der Waals surface area (Å²) in [5, 5.41) is 4.56. The molecule has 1 N–H and O–H groups in total. The summed E-state index contributed by atoms with van der Waals surface area (Å²) in [4.78, 5) is 4.42. The van der Waals surface area contributed by atoms with Crippen LogP contribution in [-0.4, -0.2) is 25.2 Å². The van der Waals surface area contributed by atoms with Crippen LogP contribution in [0.25, 0.3) is 17.0 Å². The van der Waals surface area contributed by atoms with Gasteiger partial charge >= 0.3 is 0 Å². The van der Waals surface area contributed by atoms with Crippen LogP contribution >= 0.6 is 0 Å². The summed E-state index contributed by atoms with van der Waals surface area (Å²) in [6.07, 6.45) is 10.1. The van der Waals surface area contributed by atoms with E-state index >= 15 is 0 Å². The maximum atomic E-state index is 5.32. The first kappa shape index (κ1) is 14.1. The number of hydrogen-bond acceptors (Lipinski definition) is 3. The molecule has 1 aromatic carbocycles. The molecule has 1 fully saturated rings. The van der Waals surface area contributed by atoms with Gasteiger partial charge < -0.3 is 10.1 Å². The van der Waals surface area contributed by atoms with Gasteiger partial charge in [0.25, 0.3) is 0 Å². The molecule has 0 unspecified atom stereocenters. The fraction of sp³-hybridized carbons (Fsp3) is 0.389. The Kier molecular flexibility index (Phi) is 4.51. The van der Waals surface area contributed by atoms with E-state index in [9.17, 15) is 0 Å². The van der Waals surface area contributed by atoms with E-state index in [1.165, 1.54) is 18.4 Å². The number of aromatic nitrogens is 1. The van der Waals surface area contributed by atoms with Gasteiger partial charge in [0.15, 0.2) is 0 Å². The lowest BCUT2D eigenvalue weighted by atomic mass is 9.94. The standard InChI is InChI=1S/C18H22N2O/c1-21-16-5-6-18-17(13-16)15(9-12-20-18)4-2-3-14-7-10-19-11-8-14/h2,4-6,9,12-14,19H,3,7-8,10-11H2,1H3. The Morgan fingerprint density at radius 3 is 2.95 bits per heavy atom. The van der Waals surface area contributed by atoms with Crippen molar-refractivity contribution < 1.29 is 4.74 Å². The van der Waals surface area contributed by atoms with E-state index in [0.29, 0.717) is 0 Å². The smallest absolute Gasteiger partial charge is 0.119 e. The molecule has 0 spiro atoms. The first-order valence-electron chi connectivity index (χ1n) is 7.67. The van der Waals surface area contributed by atoms with Crippen LogP contribution in [0.1, 0.15) is 24.8 Å². The molecule has 1 aliphatic heterocycles. The number of pyridine rings is 1. The highest BCUT2D eigenvalue weighted by molar-refractivity contribution is 5.88. The zero-order chi connectivity index (χ0) is 14.5. The summed E-state index contributed by atoms with van der Waals surface area (Å²) in [6, 6.07) is 8.10. The number of nitrogens with one attached hydrogen (secondary N) is 1. The van der Waals surface area contributed by atoms with Crippen molar-refractivity contribution in [1.82, 2.24) is 10.3 Å². The molecule has 0 amide bonds. The van der Waals surface area contributed by atoms with Crippen molar-refractivity contribution in [3.63, 3.8) is 0 Å². The molecule has 1 aliphatic rings. The molecule has 0 radical (unpaired) electrons. The quantitative estimate of drug-likeness (QED) is 0.929. The molecule has 0 atom stereocenters. The van der Waals surface area contributed by atoms with Gasteiger partial charge in [-0.2, -0.15) is 0 Å². The van der Waals surface area contributed by atoms with Gasteiger partial charge in [-0.05, 0) is 68.1 Å². The Labute approximate surface area is 126 Å². The highest BCUT2D eigenvalue weighted by Crippen LogP contribution is 2.24. The minimum absolute atomic E-state index is 0.824. The second-order valence-electron chi connectivity index (χ2n) is 5.61. The van der Waals surface area contributed by atoms with Gasteiger partial charge in [0.1, 0.15) is 5.75 Å². The molecule has 1 saturated heterocycles. The van der Waals surface area contributed by atoms with Crippen molar-refractivity contribution in [2.45, 2.75) is 19.3 Å². The maximum Gasteiger partial charge on any atom is 0.119 e. The van der Waals surface area contributed by atoms with Crippen LogP contribution in [0.5, 0.6) is 5.75 Å². The third-order valence-electron chi connectivity index (χ3n) is 4.21. The number of nitrogens with zero attached hydrogens (tertiary/aromatic N) is 1. The van der Waals surface area contributed by atoms with E-state index in [4.69, 9.17) is 4.74 Å². The van der Waals surface area contributed by atoms with E-state index in [-0.39, 0.29) is 0 Å². The molecular formula is C18H22N2O. The third kappa shape index (κ3) is 3.42. The highest BCUT2D eigenvalue weighted by Gasteiger charge is 2.10. The summed E-state index contributed by atoms with van der Waals surface area (Å²) < 4.78 is 5.32. The topological polar surface area (TPSA) is 34.1 Å². The summed E-state index contributed by atoms with van der Waals surface area (Å²) >= 11 is 0. The Hall–Kier alpha value is -1.87. The number of methoxy groups -OCH3 is 1. The predicted molar refractivity (Wildman–Crippen MR) is 87.5 cm³/mol. The minimum atomic E-state index is 0.824. The van der Waals surface area contributed by atoms with Gasteiger partial charge in [0.2, 0.25) is 0 Å². The second kappa shape index (κ2) is 6.72. The maximum absolute atomic E-state index is 5.32.